The first-order valence-corrected chi connectivity index (χ1v) is 7.75. The Morgan fingerprint density at radius 2 is 2.04 bits per heavy atom. The van der Waals surface area contributed by atoms with Crippen molar-refractivity contribution in [3.63, 3.8) is 0 Å². The van der Waals surface area contributed by atoms with Crippen molar-refractivity contribution in [2.45, 2.75) is 25.8 Å². The summed E-state index contributed by atoms with van der Waals surface area (Å²) in [5, 5.41) is 12.2. The molecule has 0 saturated heterocycles. The molecule has 2 unspecified atom stereocenters. The maximum Gasteiger partial charge on any atom is 0.328 e. The first kappa shape index (κ1) is 19.2. The number of carboxylic acid groups (broad SMARTS) is 1. The van der Waals surface area contributed by atoms with Crippen LogP contribution < -0.4 is 5.32 Å². The van der Waals surface area contributed by atoms with Gasteiger partial charge in [-0.1, -0.05) is 36.7 Å². The summed E-state index contributed by atoms with van der Waals surface area (Å²) in [5.41, 5.74) is 1.08. The molecule has 1 aromatic rings. The molecule has 23 heavy (non-hydrogen) atoms. The van der Waals surface area contributed by atoms with Crippen LogP contribution in [0.4, 0.5) is 0 Å². The van der Waals surface area contributed by atoms with Crippen molar-refractivity contribution in [2.24, 2.45) is 5.92 Å². The number of ether oxygens (including phenoxy) is 1. The molecule has 0 aliphatic carbocycles. The molecule has 5 nitrogen and oxygen atoms in total. The highest BCUT2D eigenvalue weighted by Crippen LogP contribution is 2.15. The fraction of sp³-hybridized carbons (Fsp3) is 0.412. The predicted octanol–water partition coefficient (Wildman–Crippen LogP) is 2.68. The van der Waals surface area contributed by atoms with E-state index in [1.54, 1.807) is 12.1 Å². The van der Waals surface area contributed by atoms with Crippen molar-refractivity contribution < 1.29 is 19.4 Å². The van der Waals surface area contributed by atoms with Gasteiger partial charge >= 0.3 is 5.97 Å². The normalized spacial score (nSPS) is 13.1. The molecule has 0 fully saturated rings. The molecular formula is C17H22ClNO4. The topological polar surface area (TPSA) is 75.6 Å². The standard InChI is InChI=1S/C17H22ClNO4/c1-3-8-23-11-15(17(21)22)19-16(20)10-12(2)9-13-4-6-14(18)7-5-13/h3-7,12,15H,1,8-11H2,2H3,(H,19,20)(H,21,22). The van der Waals surface area contributed by atoms with Gasteiger partial charge < -0.3 is 15.2 Å². The van der Waals surface area contributed by atoms with E-state index in [-0.39, 0.29) is 31.5 Å². The molecule has 2 atom stereocenters. The van der Waals surface area contributed by atoms with E-state index in [0.29, 0.717) is 5.02 Å². The van der Waals surface area contributed by atoms with Crippen LogP contribution in [0.2, 0.25) is 5.02 Å². The summed E-state index contributed by atoms with van der Waals surface area (Å²) < 4.78 is 5.09. The quantitative estimate of drug-likeness (QED) is 0.507. The van der Waals surface area contributed by atoms with Gasteiger partial charge in [0.1, 0.15) is 0 Å². The lowest BCUT2D eigenvalue weighted by molar-refractivity contribution is -0.143. The van der Waals surface area contributed by atoms with Crippen LogP contribution in [0.1, 0.15) is 18.9 Å². The number of carbonyl (C=O) groups is 2. The van der Waals surface area contributed by atoms with E-state index < -0.39 is 12.0 Å². The molecule has 1 aromatic carbocycles. The number of carboxylic acids is 1. The molecule has 0 radical (unpaired) electrons. The van der Waals surface area contributed by atoms with E-state index in [0.717, 1.165) is 12.0 Å². The van der Waals surface area contributed by atoms with Gasteiger partial charge in [-0.15, -0.1) is 6.58 Å². The average Bonchev–Trinajstić information content (AvgIpc) is 2.48. The Hall–Kier alpha value is -1.85. The number of aliphatic carboxylic acids is 1. The van der Waals surface area contributed by atoms with Gasteiger partial charge in [0.2, 0.25) is 5.91 Å². The van der Waals surface area contributed by atoms with Gasteiger partial charge in [0.15, 0.2) is 6.04 Å². The van der Waals surface area contributed by atoms with Crippen molar-refractivity contribution in [1.82, 2.24) is 5.32 Å². The predicted molar refractivity (Wildman–Crippen MR) is 89.5 cm³/mol. The number of carbonyl (C=O) groups excluding carboxylic acids is 1. The van der Waals surface area contributed by atoms with Gasteiger partial charge in [0.25, 0.3) is 0 Å². The third-order valence-corrected chi connectivity index (χ3v) is 3.44. The van der Waals surface area contributed by atoms with E-state index >= 15 is 0 Å². The van der Waals surface area contributed by atoms with Crippen LogP contribution >= 0.6 is 11.6 Å². The number of hydrogen-bond donors (Lipinski definition) is 2. The van der Waals surface area contributed by atoms with Crippen molar-refractivity contribution in [3.05, 3.63) is 47.5 Å². The summed E-state index contributed by atoms with van der Waals surface area (Å²) in [6.07, 6.45) is 2.48. The molecule has 0 bridgehead atoms. The Morgan fingerprint density at radius 1 is 1.39 bits per heavy atom. The Kier molecular flexibility index (Phi) is 8.37. The molecule has 1 rings (SSSR count). The lowest BCUT2D eigenvalue weighted by atomic mass is 9.97. The second-order valence-electron chi connectivity index (χ2n) is 5.42. The van der Waals surface area contributed by atoms with Crippen molar-refractivity contribution in [3.8, 4) is 0 Å². The van der Waals surface area contributed by atoms with Crippen molar-refractivity contribution in [1.29, 1.82) is 0 Å². The Balaban J connectivity index is 2.44. The van der Waals surface area contributed by atoms with Crippen molar-refractivity contribution in [2.75, 3.05) is 13.2 Å². The second-order valence-corrected chi connectivity index (χ2v) is 5.86. The van der Waals surface area contributed by atoms with Crippen LogP contribution in [0.3, 0.4) is 0 Å². The van der Waals surface area contributed by atoms with E-state index in [4.69, 9.17) is 21.4 Å². The summed E-state index contributed by atoms with van der Waals surface area (Å²) in [6.45, 7) is 5.58. The Morgan fingerprint density at radius 3 is 2.61 bits per heavy atom. The lowest BCUT2D eigenvalue weighted by Crippen LogP contribution is -2.44. The van der Waals surface area contributed by atoms with E-state index in [1.165, 1.54) is 6.08 Å². The number of benzene rings is 1. The van der Waals surface area contributed by atoms with Gasteiger partial charge in [-0.05, 0) is 30.0 Å². The molecule has 6 heteroatoms. The second kappa shape index (κ2) is 10.0. The van der Waals surface area contributed by atoms with Gasteiger partial charge in [-0.2, -0.15) is 0 Å². The summed E-state index contributed by atoms with van der Waals surface area (Å²) in [7, 11) is 0. The van der Waals surface area contributed by atoms with Crippen LogP contribution in [-0.2, 0) is 20.7 Å². The van der Waals surface area contributed by atoms with Gasteiger partial charge in [-0.3, -0.25) is 4.79 Å². The van der Waals surface area contributed by atoms with Gasteiger partial charge in [-0.25, -0.2) is 4.79 Å². The number of rotatable bonds is 10. The van der Waals surface area contributed by atoms with E-state index in [1.807, 2.05) is 19.1 Å². The first-order chi connectivity index (χ1) is 10.9. The fourth-order valence-electron chi connectivity index (χ4n) is 2.11. The van der Waals surface area contributed by atoms with Crippen molar-refractivity contribution >= 4 is 23.5 Å². The number of halogens is 1. The molecule has 0 aliphatic rings. The Bertz CT molecular complexity index is 530. The molecule has 1 amide bonds. The number of hydrogen-bond acceptors (Lipinski definition) is 3. The maximum atomic E-state index is 12.0. The molecular weight excluding hydrogens is 318 g/mol. The zero-order valence-electron chi connectivity index (χ0n) is 13.1. The average molecular weight is 340 g/mol. The first-order valence-electron chi connectivity index (χ1n) is 7.37. The van der Waals surface area contributed by atoms with Crippen LogP contribution in [0.15, 0.2) is 36.9 Å². The monoisotopic (exact) mass is 339 g/mol. The van der Waals surface area contributed by atoms with Crippen LogP contribution in [-0.4, -0.2) is 36.2 Å². The Labute approximate surface area is 141 Å². The van der Waals surface area contributed by atoms with Crippen LogP contribution in [0.5, 0.6) is 0 Å². The zero-order valence-corrected chi connectivity index (χ0v) is 13.9. The third-order valence-electron chi connectivity index (χ3n) is 3.18. The zero-order chi connectivity index (χ0) is 17.2. The van der Waals surface area contributed by atoms with Crippen LogP contribution in [0.25, 0.3) is 0 Å². The highest BCUT2D eigenvalue weighted by atomic mass is 35.5. The fourth-order valence-corrected chi connectivity index (χ4v) is 2.23. The van der Waals surface area contributed by atoms with Gasteiger partial charge in [0.05, 0.1) is 13.2 Å². The smallest absolute Gasteiger partial charge is 0.328 e. The number of amides is 1. The summed E-state index contributed by atoms with van der Waals surface area (Å²) >= 11 is 5.83. The van der Waals surface area contributed by atoms with E-state index in [2.05, 4.69) is 11.9 Å². The summed E-state index contributed by atoms with van der Waals surface area (Å²) in [6, 6.07) is 6.40. The molecule has 0 aromatic heterocycles. The van der Waals surface area contributed by atoms with Crippen LogP contribution in [0, 0.1) is 5.92 Å². The third kappa shape index (κ3) is 7.81. The highest BCUT2D eigenvalue weighted by Gasteiger charge is 2.21. The largest absolute Gasteiger partial charge is 0.480 e. The molecule has 126 valence electrons. The minimum Gasteiger partial charge on any atom is -0.480 e. The maximum absolute atomic E-state index is 12.0. The summed E-state index contributed by atoms with van der Waals surface area (Å²) in [5.74, 6) is -1.34. The highest BCUT2D eigenvalue weighted by molar-refractivity contribution is 6.30. The minimum atomic E-state index is -1.12. The molecule has 0 aliphatic heterocycles. The SMILES string of the molecule is C=CCOCC(NC(=O)CC(C)Cc1ccc(Cl)cc1)C(=O)O. The lowest BCUT2D eigenvalue weighted by Gasteiger charge is -2.16. The number of nitrogens with one attached hydrogen (secondary N) is 1. The summed E-state index contributed by atoms with van der Waals surface area (Å²) in [4.78, 5) is 23.1. The van der Waals surface area contributed by atoms with Gasteiger partial charge in [0, 0.05) is 11.4 Å². The molecule has 0 spiro atoms. The van der Waals surface area contributed by atoms with E-state index in [9.17, 15) is 9.59 Å². The minimum absolute atomic E-state index is 0.0831. The molecule has 2 N–H and O–H groups in total. The molecule has 0 heterocycles. The molecule has 0 saturated carbocycles.